The Kier molecular flexibility index (Phi) is 8.68. The molecule has 9 heteroatoms. The van der Waals surface area contributed by atoms with Crippen LogP contribution in [0.15, 0.2) is 47.8 Å². The summed E-state index contributed by atoms with van der Waals surface area (Å²) < 4.78 is 16.5. The first-order valence-corrected chi connectivity index (χ1v) is 11.8. The number of nitrogens with one attached hydrogen (secondary N) is 1. The van der Waals surface area contributed by atoms with Crippen molar-refractivity contribution in [3.8, 4) is 11.5 Å². The highest BCUT2D eigenvalue weighted by Crippen LogP contribution is 2.29. The second-order valence-electron chi connectivity index (χ2n) is 9.17. The molecule has 0 spiro atoms. The van der Waals surface area contributed by atoms with Crippen LogP contribution in [0.2, 0.25) is 0 Å². The van der Waals surface area contributed by atoms with Gasteiger partial charge in [-0.05, 0) is 70.4 Å². The fourth-order valence-electron chi connectivity index (χ4n) is 3.71. The van der Waals surface area contributed by atoms with Crippen molar-refractivity contribution in [2.24, 2.45) is 5.10 Å². The van der Waals surface area contributed by atoms with Gasteiger partial charge >= 0.3 is 6.09 Å². The minimum Gasteiger partial charge on any atom is -0.493 e. The lowest BCUT2D eigenvalue weighted by Crippen LogP contribution is -2.50. The molecule has 1 atom stereocenters. The second-order valence-corrected chi connectivity index (χ2v) is 9.17. The van der Waals surface area contributed by atoms with E-state index in [4.69, 9.17) is 14.2 Å². The van der Waals surface area contributed by atoms with Gasteiger partial charge in [0.15, 0.2) is 11.5 Å². The molecular weight excluding hydrogens is 448 g/mol. The lowest BCUT2D eigenvalue weighted by molar-refractivity contribution is -0.133. The van der Waals surface area contributed by atoms with Crippen LogP contribution in [0, 0.1) is 0 Å². The Hall–Kier alpha value is -3.62. The van der Waals surface area contributed by atoms with Crippen molar-refractivity contribution in [2.45, 2.75) is 58.6 Å². The fourth-order valence-corrected chi connectivity index (χ4v) is 3.71. The lowest BCUT2D eigenvalue weighted by atomic mass is 10.0. The van der Waals surface area contributed by atoms with E-state index in [9.17, 15) is 9.59 Å². The molecule has 0 bridgehead atoms. The maximum atomic E-state index is 13.5. The fraction of sp³-hybridized carbons (Fsp3) is 0.462. The Morgan fingerprint density at radius 3 is 2.66 bits per heavy atom. The third kappa shape index (κ3) is 7.43. The number of hydrogen-bond acceptors (Lipinski definition) is 7. The standard InChI is InChI=1S/C26H34N4O5/c1-6-34-23-16-19(11-12-22(23)33-5)20-10-8-14-30(29-20)24(31)21(15-18-9-7-13-27-17-18)28-25(32)35-26(2,3)4/h7,9,11-13,16-17,21H,6,8,10,14-15H2,1-5H3,(H,28,32)/t21-/m1/s1. The summed E-state index contributed by atoms with van der Waals surface area (Å²) in [5.74, 6) is 0.952. The SMILES string of the molecule is CCOc1cc(C2=NN(C(=O)[C@@H](Cc3cccnc3)NC(=O)OC(C)(C)C)CCC2)ccc1OC. The highest BCUT2D eigenvalue weighted by atomic mass is 16.6. The van der Waals surface area contributed by atoms with Crippen LogP contribution in [0.5, 0.6) is 11.5 Å². The zero-order valence-electron chi connectivity index (χ0n) is 21.0. The number of ether oxygens (including phenoxy) is 3. The van der Waals surface area contributed by atoms with Crippen molar-refractivity contribution >= 4 is 17.7 Å². The van der Waals surface area contributed by atoms with Crippen LogP contribution >= 0.6 is 0 Å². The van der Waals surface area contributed by atoms with E-state index in [-0.39, 0.29) is 12.3 Å². The van der Waals surface area contributed by atoms with Crippen molar-refractivity contribution in [1.29, 1.82) is 0 Å². The van der Waals surface area contributed by atoms with E-state index in [0.717, 1.165) is 23.3 Å². The average molecular weight is 483 g/mol. The average Bonchev–Trinajstić information content (AvgIpc) is 2.83. The van der Waals surface area contributed by atoms with Crippen LogP contribution in [0.3, 0.4) is 0 Å². The monoisotopic (exact) mass is 482 g/mol. The molecule has 0 aliphatic carbocycles. The molecule has 3 rings (SSSR count). The first-order valence-electron chi connectivity index (χ1n) is 11.8. The highest BCUT2D eigenvalue weighted by molar-refractivity contribution is 6.02. The van der Waals surface area contributed by atoms with Crippen molar-refractivity contribution in [3.05, 3.63) is 53.9 Å². The summed E-state index contributed by atoms with van der Waals surface area (Å²) in [5.41, 5.74) is 1.76. The molecule has 1 aromatic heterocycles. The number of hydrogen-bond donors (Lipinski definition) is 1. The molecular formula is C26H34N4O5. The van der Waals surface area contributed by atoms with Gasteiger partial charge in [0.05, 0.1) is 19.4 Å². The molecule has 1 aliphatic rings. The number of nitrogens with zero attached hydrogens (tertiary/aromatic N) is 3. The lowest BCUT2D eigenvalue weighted by Gasteiger charge is -2.29. The number of carbonyl (C=O) groups is 2. The van der Waals surface area contributed by atoms with Crippen LogP contribution in [0.25, 0.3) is 0 Å². The summed E-state index contributed by atoms with van der Waals surface area (Å²) in [6.07, 6.45) is 4.41. The van der Waals surface area contributed by atoms with Gasteiger partial charge in [0.25, 0.3) is 5.91 Å². The molecule has 0 unspecified atom stereocenters. The molecule has 9 nitrogen and oxygen atoms in total. The molecule has 1 aliphatic heterocycles. The zero-order valence-corrected chi connectivity index (χ0v) is 21.0. The van der Waals surface area contributed by atoms with Crippen LogP contribution in [0.1, 0.15) is 51.7 Å². The number of aromatic nitrogens is 1. The number of carbonyl (C=O) groups excluding carboxylic acids is 2. The number of benzene rings is 1. The Morgan fingerprint density at radius 1 is 1.20 bits per heavy atom. The maximum absolute atomic E-state index is 13.5. The first-order chi connectivity index (χ1) is 16.7. The minimum atomic E-state index is -0.855. The summed E-state index contributed by atoms with van der Waals surface area (Å²) in [4.78, 5) is 30.2. The molecule has 0 saturated heterocycles. The molecule has 2 aromatic rings. The number of amides is 2. The number of alkyl carbamates (subject to hydrolysis) is 1. The molecule has 2 amide bonds. The molecule has 188 valence electrons. The number of methoxy groups -OCH3 is 1. The third-order valence-electron chi connectivity index (χ3n) is 5.23. The van der Waals surface area contributed by atoms with Crippen LogP contribution in [-0.2, 0) is 16.0 Å². The van der Waals surface area contributed by atoms with E-state index in [0.29, 0.717) is 31.1 Å². The quantitative estimate of drug-likeness (QED) is 0.611. The van der Waals surface area contributed by atoms with Crippen molar-refractivity contribution in [1.82, 2.24) is 15.3 Å². The Labute approximate surface area is 206 Å². The Bertz CT molecular complexity index is 1050. The van der Waals surface area contributed by atoms with E-state index in [2.05, 4.69) is 15.4 Å². The van der Waals surface area contributed by atoms with Gasteiger partial charge in [-0.25, -0.2) is 9.80 Å². The maximum Gasteiger partial charge on any atom is 0.408 e. The van der Waals surface area contributed by atoms with Crippen molar-refractivity contribution in [2.75, 3.05) is 20.3 Å². The summed E-state index contributed by atoms with van der Waals surface area (Å²) in [6, 6.07) is 8.41. The molecule has 0 fully saturated rings. The normalized spacial score (nSPS) is 14.5. The highest BCUT2D eigenvalue weighted by Gasteiger charge is 2.30. The van der Waals surface area contributed by atoms with Gasteiger partial charge in [0, 0.05) is 30.9 Å². The predicted molar refractivity (Wildman–Crippen MR) is 133 cm³/mol. The van der Waals surface area contributed by atoms with Crippen LogP contribution < -0.4 is 14.8 Å². The second kappa shape index (κ2) is 11.7. The topological polar surface area (TPSA) is 102 Å². The van der Waals surface area contributed by atoms with E-state index in [1.54, 1.807) is 46.3 Å². The van der Waals surface area contributed by atoms with Gasteiger partial charge in [0.1, 0.15) is 11.6 Å². The van der Waals surface area contributed by atoms with Crippen molar-refractivity contribution < 1.29 is 23.8 Å². The molecule has 35 heavy (non-hydrogen) atoms. The predicted octanol–water partition coefficient (Wildman–Crippen LogP) is 3.95. The van der Waals surface area contributed by atoms with Gasteiger partial charge in [-0.1, -0.05) is 6.07 Å². The summed E-state index contributed by atoms with van der Waals surface area (Å²) in [7, 11) is 1.59. The number of rotatable bonds is 8. The molecule has 1 N–H and O–H groups in total. The van der Waals surface area contributed by atoms with Gasteiger partial charge in [-0.2, -0.15) is 5.10 Å². The Morgan fingerprint density at radius 2 is 2.00 bits per heavy atom. The smallest absolute Gasteiger partial charge is 0.408 e. The summed E-state index contributed by atoms with van der Waals surface area (Å²) in [6.45, 7) is 8.19. The first kappa shape index (κ1) is 26.0. The van der Waals surface area contributed by atoms with Gasteiger partial charge in [0.2, 0.25) is 0 Å². The largest absolute Gasteiger partial charge is 0.493 e. The van der Waals surface area contributed by atoms with Crippen molar-refractivity contribution in [3.63, 3.8) is 0 Å². The molecule has 2 heterocycles. The molecule has 1 aromatic carbocycles. The van der Waals surface area contributed by atoms with Gasteiger partial charge in [-0.15, -0.1) is 0 Å². The van der Waals surface area contributed by atoms with Gasteiger partial charge in [-0.3, -0.25) is 9.78 Å². The zero-order chi connectivity index (χ0) is 25.4. The minimum absolute atomic E-state index is 0.268. The molecule has 0 radical (unpaired) electrons. The van der Waals surface area contributed by atoms with Crippen LogP contribution in [0.4, 0.5) is 4.79 Å². The van der Waals surface area contributed by atoms with E-state index < -0.39 is 17.7 Å². The molecule has 0 saturated carbocycles. The van der Waals surface area contributed by atoms with Gasteiger partial charge < -0.3 is 19.5 Å². The summed E-state index contributed by atoms with van der Waals surface area (Å²) >= 11 is 0. The van der Waals surface area contributed by atoms with E-state index >= 15 is 0 Å². The van der Waals surface area contributed by atoms with E-state index in [1.807, 2.05) is 31.2 Å². The summed E-state index contributed by atoms with van der Waals surface area (Å²) in [5, 5.41) is 8.81. The Balaban J connectivity index is 1.85. The third-order valence-corrected chi connectivity index (χ3v) is 5.23. The number of pyridine rings is 1. The van der Waals surface area contributed by atoms with Crippen LogP contribution in [-0.4, -0.2) is 59.6 Å². The van der Waals surface area contributed by atoms with E-state index in [1.165, 1.54) is 5.01 Å². The number of hydrazone groups is 1.